The summed E-state index contributed by atoms with van der Waals surface area (Å²) in [6, 6.07) is 5.08. The summed E-state index contributed by atoms with van der Waals surface area (Å²) in [6.45, 7) is 0. The van der Waals surface area contributed by atoms with Crippen LogP contribution >= 0.6 is 15.9 Å². The highest BCUT2D eigenvalue weighted by Gasteiger charge is 2.57. The average Bonchev–Trinajstić information content (AvgIpc) is 2.49. The summed E-state index contributed by atoms with van der Waals surface area (Å²) in [7, 11) is 3.94. The molecule has 1 aliphatic rings. The van der Waals surface area contributed by atoms with Crippen LogP contribution in [0.15, 0.2) is 22.7 Å². The fourth-order valence-corrected chi connectivity index (χ4v) is 3.26. The maximum Gasteiger partial charge on any atom is 0.328 e. The van der Waals surface area contributed by atoms with Crippen LogP contribution in [0.1, 0.15) is 12.0 Å². The Balaban J connectivity index is 2.84. The molecule has 0 radical (unpaired) electrons. The minimum absolute atomic E-state index is 0.335. The van der Waals surface area contributed by atoms with E-state index < -0.39 is 17.4 Å². The molecule has 1 amide bonds. The molecule has 21 heavy (non-hydrogen) atoms. The number of halogens is 1. The number of carbonyl (C=O) groups excluding carboxylic acids is 3. The molecule has 1 aliphatic heterocycles. The van der Waals surface area contributed by atoms with E-state index in [1.807, 2.05) is 0 Å². The van der Waals surface area contributed by atoms with E-state index in [4.69, 9.17) is 9.47 Å². The van der Waals surface area contributed by atoms with Crippen molar-refractivity contribution in [2.75, 3.05) is 26.2 Å². The minimum Gasteiger partial charge on any atom is -0.468 e. The third kappa shape index (κ3) is 2.12. The standard InChI is InChI=1S/C14H14BrNO5/c1-16-9-6-4-5-8(15)11(9)14(7-10(16)17,12(18)20-2)13(19)21-3/h4-6H,7H2,1-3H3. The molecule has 0 bridgehead atoms. The van der Waals surface area contributed by atoms with Crippen molar-refractivity contribution in [3.63, 3.8) is 0 Å². The van der Waals surface area contributed by atoms with Crippen LogP contribution in [0.4, 0.5) is 5.69 Å². The molecule has 0 spiro atoms. The van der Waals surface area contributed by atoms with E-state index in [-0.39, 0.29) is 12.3 Å². The molecule has 1 heterocycles. The SMILES string of the molecule is COC(=O)C1(C(=O)OC)CC(=O)N(C)c2cccc(Br)c21. The summed E-state index contributed by atoms with van der Waals surface area (Å²) in [6.07, 6.45) is -0.335. The Labute approximate surface area is 130 Å². The van der Waals surface area contributed by atoms with Gasteiger partial charge in [-0.15, -0.1) is 0 Å². The van der Waals surface area contributed by atoms with Gasteiger partial charge in [0.1, 0.15) is 0 Å². The van der Waals surface area contributed by atoms with Gasteiger partial charge in [0.05, 0.1) is 20.6 Å². The van der Waals surface area contributed by atoms with Crippen molar-refractivity contribution < 1.29 is 23.9 Å². The van der Waals surface area contributed by atoms with E-state index in [2.05, 4.69) is 15.9 Å². The highest BCUT2D eigenvalue weighted by atomic mass is 79.9. The van der Waals surface area contributed by atoms with Gasteiger partial charge in [-0.1, -0.05) is 22.0 Å². The molecule has 0 N–H and O–H groups in total. The largest absolute Gasteiger partial charge is 0.468 e. The van der Waals surface area contributed by atoms with Gasteiger partial charge in [-0.2, -0.15) is 0 Å². The number of fused-ring (bicyclic) bond motifs is 1. The number of rotatable bonds is 2. The number of ether oxygens (including phenoxy) is 2. The molecule has 0 fully saturated rings. The molecule has 0 saturated carbocycles. The highest BCUT2D eigenvalue weighted by molar-refractivity contribution is 9.10. The molecule has 0 atom stereocenters. The first-order valence-electron chi connectivity index (χ1n) is 6.12. The van der Waals surface area contributed by atoms with Gasteiger partial charge in [-0.3, -0.25) is 14.4 Å². The number of benzene rings is 1. The normalized spacial score (nSPS) is 16.2. The zero-order valence-corrected chi connectivity index (χ0v) is 13.4. The second-order valence-corrected chi connectivity index (χ2v) is 5.51. The summed E-state index contributed by atoms with van der Waals surface area (Å²) in [4.78, 5) is 38.3. The monoisotopic (exact) mass is 355 g/mol. The first-order valence-corrected chi connectivity index (χ1v) is 6.91. The molecule has 0 unspecified atom stereocenters. The maximum atomic E-state index is 12.3. The Kier molecular flexibility index (Phi) is 4.04. The van der Waals surface area contributed by atoms with Gasteiger partial charge in [0.15, 0.2) is 0 Å². The fraction of sp³-hybridized carbons (Fsp3) is 0.357. The summed E-state index contributed by atoms with van der Waals surface area (Å²) < 4.78 is 10.1. The zero-order valence-electron chi connectivity index (χ0n) is 11.8. The molecule has 2 rings (SSSR count). The fourth-order valence-electron chi connectivity index (χ4n) is 2.56. The molecule has 1 aromatic carbocycles. The summed E-state index contributed by atoms with van der Waals surface area (Å²) >= 11 is 3.35. The molecule has 6 nitrogen and oxygen atoms in total. The van der Waals surface area contributed by atoms with Gasteiger partial charge < -0.3 is 14.4 Å². The Morgan fingerprint density at radius 3 is 2.33 bits per heavy atom. The Hall–Kier alpha value is -1.89. The quantitative estimate of drug-likeness (QED) is 0.592. The molecule has 112 valence electrons. The first-order chi connectivity index (χ1) is 9.90. The number of esters is 2. The number of hydrogen-bond acceptors (Lipinski definition) is 5. The van der Waals surface area contributed by atoms with Gasteiger partial charge in [-0.05, 0) is 12.1 Å². The van der Waals surface area contributed by atoms with Crippen molar-refractivity contribution in [3.05, 3.63) is 28.2 Å². The van der Waals surface area contributed by atoms with Gasteiger partial charge in [-0.25, -0.2) is 0 Å². The summed E-state index contributed by atoms with van der Waals surface area (Å²) in [5, 5.41) is 0. The molecule has 1 aromatic rings. The van der Waals surface area contributed by atoms with Crippen LogP contribution in [0.25, 0.3) is 0 Å². The van der Waals surface area contributed by atoms with Crippen molar-refractivity contribution in [2.45, 2.75) is 11.8 Å². The van der Waals surface area contributed by atoms with Crippen LogP contribution in [0.3, 0.4) is 0 Å². The van der Waals surface area contributed by atoms with E-state index in [0.717, 1.165) is 0 Å². The van der Waals surface area contributed by atoms with Gasteiger partial charge in [0.2, 0.25) is 11.3 Å². The van der Waals surface area contributed by atoms with Crippen molar-refractivity contribution in [1.82, 2.24) is 0 Å². The minimum atomic E-state index is -1.79. The lowest BCUT2D eigenvalue weighted by Crippen LogP contribution is -2.53. The Bertz CT molecular complexity index is 612. The van der Waals surface area contributed by atoms with Gasteiger partial charge >= 0.3 is 11.9 Å². The van der Waals surface area contributed by atoms with Crippen LogP contribution in [-0.4, -0.2) is 39.1 Å². The number of nitrogens with zero attached hydrogens (tertiary/aromatic N) is 1. The van der Waals surface area contributed by atoms with Crippen LogP contribution in [0.5, 0.6) is 0 Å². The van der Waals surface area contributed by atoms with E-state index in [1.54, 1.807) is 25.2 Å². The Morgan fingerprint density at radius 1 is 1.24 bits per heavy atom. The predicted molar refractivity (Wildman–Crippen MR) is 77.9 cm³/mol. The summed E-state index contributed by atoms with van der Waals surface area (Å²) in [5.74, 6) is -2.00. The van der Waals surface area contributed by atoms with E-state index in [0.29, 0.717) is 15.7 Å². The van der Waals surface area contributed by atoms with Gasteiger partial charge in [0, 0.05) is 22.8 Å². The van der Waals surface area contributed by atoms with Crippen molar-refractivity contribution in [2.24, 2.45) is 0 Å². The second kappa shape index (κ2) is 5.48. The molecule has 0 aliphatic carbocycles. The molecule has 7 heteroatoms. The molecule has 0 saturated heterocycles. The highest BCUT2D eigenvalue weighted by Crippen LogP contribution is 2.45. The van der Waals surface area contributed by atoms with Crippen LogP contribution in [0.2, 0.25) is 0 Å². The predicted octanol–water partition coefficient (Wildman–Crippen LogP) is 1.40. The van der Waals surface area contributed by atoms with Crippen molar-refractivity contribution in [1.29, 1.82) is 0 Å². The van der Waals surface area contributed by atoms with E-state index >= 15 is 0 Å². The molecular weight excluding hydrogens is 342 g/mol. The molecule has 0 aromatic heterocycles. The lowest BCUT2D eigenvalue weighted by Gasteiger charge is -2.38. The lowest BCUT2D eigenvalue weighted by molar-refractivity contribution is -0.164. The maximum absolute atomic E-state index is 12.3. The summed E-state index contributed by atoms with van der Waals surface area (Å²) in [5.41, 5.74) is -0.940. The smallest absolute Gasteiger partial charge is 0.328 e. The van der Waals surface area contributed by atoms with Crippen LogP contribution < -0.4 is 4.90 Å². The second-order valence-electron chi connectivity index (χ2n) is 4.65. The van der Waals surface area contributed by atoms with Crippen LogP contribution in [0, 0.1) is 0 Å². The number of anilines is 1. The van der Waals surface area contributed by atoms with Crippen molar-refractivity contribution >= 4 is 39.5 Å². The number of amides is 1. The lowest BCUT2D eigenvalue weighted by atomic mass is 9.73. The Morgan fingerprint density at radius 2 is 1.81 bits per heavy atom. The third-order valence-corrected chi connectivity index (χ3v) is 4.30. The number of methoxy groups -OCH3 is 2. The van der Waals surface area contributed by atoms with E-state index in [1.165, 1.54) is 19.1 Å². The average molecular weight is 356 g/mol. The first kappa shape index (κ1) is 15.5. The van der Waals surface area contributed by atoms with E-state index in [9.17, 15) is 14.4 Å². The topological polar surface area (TPSA) is 72.9 Å². The number of hydrogen-bond donors (Lipinski definition) is 0. The van der Waals surface area contributed by atoms with Crippen molar-refractivity contribution in [3.8, 4) is 0 Å². The van der Waals surface area contributed by atoms with Gasteiger partial charge in [0.25, 0.3) is 0 Å². The van der Waals surface area contributed by atoms with Crippen LogP contribution in [-0.2, 0) is 29.3 Å². The third-order valence-electron chi connectivity index (χ3n) is 3.64. The number of carbonyl (C=O) groups is 3. The zero-order chi connectivity index (χ0) is 15.8. The molecular formula is C14H14BrNO5.